The van der Waals surface area contributed by atoms with Gasteiger partial charge < -0.3 is 5.73 Å². The van der Waals surface area contributed by atoms with Crippen LogP contribution < -0.4 is 5.73 Å². The number of hydrogen-bond acceptors (Lipinski definition) is 2. The lowest BCUT2D eigenvalue weighted by Gasteiger charge is -2.05. The number of hydrogen-bond donors (Lipinski definition) is 1. The van der Waals surface area contributed by atoms with E-state index in [0.717, 1.165) is 28.8 Å². The van der Waals surface area contributed by atoms with Gasteiger partial charge in [-0.2, -0.15) is 0 Å². The molecule has 0 amide bonds. The van der Waals surface area contributed by atoms with Gasteiger partial charge in [-0.05, 0) is 37.1 Å². The van der Waals surface area contributed by atoms with Crippen molar-refractivity contribution in [2.45, 2.75) is 26.7 Å². The van der Waals surface area contributed by atoms with E-state index in [4.69, 9.17) is 5.73 Å². The molecule has 0 unspecified atom stereocenters. The van der Waals surface area contributed by atoms with E-state index in [1.165, 1.54) is 0 Å². The van der Waals surface area contributed by atoms with Gasteiger partial charge in [-0.3, -0.25) is 4.79 Å². The summed E-state index contributed by atoms with van der Waals surface area (Å²) in [4.78, 5) is 11.8. The summed E-state index contributed by atoms with van der Waals surface area (Å²) in [5, 5.41) is 0. The molecule has 2 N–H and O–H groups in total. The van der Waals surface area contributed by atoms with Gasteiger partial charge in [0, 0.05) is 17.7 Å². The largest absolute Gasteiger partial charge is 0.399 e. The number of nitrogens with two attached hydrogens (primary N) is 1. The van der Waals surface area contributed by atoms with Crippen LogP contribution in [0.15, 0.2) is 30.4 Å². The summed E-state index contributed by atoms with van der Waals surface area (Å²) >= 11 is 0. The topological polar surface area (TPSA) is 43.1 Å². The fourth-order valence-corrected chi connectivity index (χ4v) is 1.30. The quantitative estimate of drug-likeness (QED) is 0.464. The van der Waals surface area contributed by atoms with Crippen molar-refractivity contribution in [1.29, 1.82) is 0 Å². The zero-order chi connectivity index (χ0) is 11.4. The van der Waals surface area contributed by atoms with Crippen molar-refractivity contribution in [1.82, 2.24) is 0 Å². The Balaban J connectivity index is 2.83. The average Bonchev–Trinajstić information content (AvgIpc) is 2.21. The van der Waals surface area contributed by atoms with Gasteiger partial charge >= 0.3 is 0 Å². The van der Waals surface area contributed by atoms with Crippen molar-refractivity contribution in [2.24, 2.45) is 0 Å². The molecule has 80 valence electrons. The maximum Gasteiger partial charge on any atom is 0.166 e. The van der Waals surface area contributed by atoms with Crippen molar-refractivity contribution in [3.05, 3.63) is 41.5 Å². The lowest BCUT2D eigenvalue weighted by molar-refractivity contribution is 0.0992. The van der Waals surface area contributed by atoms with Crippen LogP contribution in [0.1, 0.15) is 35.7 Å². The van der Waals surface area contributed by atoms with E-state index in [2.05, 4.69) is 6.58 Å². The SMILES string of the molecule is C=C(CC)CC(=O)c1ccc(N)c(C)c1. The highest BCUT2D eigenvalue weighted by Gasteiger charge is 2.07. The summed E-state index contributed by atoms with van der Waals surface area (Å²) in [5.41, 5.74) is 9.04. The van der Waals surface area contributed by atoms with Crippen LogP contribution in [0.2, 0.25) is 0 Å². The van der Waals surface area contributed by atoms with Gasteiger partial charge in [-0.25, -0.2) is 0 Å². The van der Waals surface area contributed by atoms with Crippen molar-refractivity contribution in [2.75, 3.05) is 5.73 Å². The van der Waals surface area contributed by atoms with Crippen LogP contribution in [-0.2, 0) is 0 Å². The van der Waals surface area contributed by atoms with Gasteiger partial charge in [0.25, 0.3) is 0 Å². The minimum Gasteiger partial charge on any atom is -0.399 e. The molecule has 2 nitrogen and oxygen atoms in total. The van der Waals surface area contributed by atoms with Crippen LogP contribution in [0.3, 0.4) is 0 Å². The van der Waals surface area contributed by atoms with Gasteiger partial charge in [-0.1, -0.05) is 19.1 Å². The predicted molar refractivity (Wildman–Crippen MR) is 64.0 cm³/mol. The zero-order valence-corrected chi connectivity index (χ0v) is 9.34. The van der Waals surface area contributed by atoms with Crippen LogP contribution in [0.25, 0.3) is 0 Å². The van der Waals surface area contributed by atoms with Crippen LogP contribution in [0.5, 0.6) is 0 Å². The second-order valence-corrected chi connectivity index (χ2v) is 3.77. The van der Waals surface area contributed by atoms with E-state index in [9.17, 15) is 4.79 Å². The lowest BCUT2D eigenvalue weighted by Crippen LogP contribution is -2.01. The highest BCUT2D eigenvalue weighted by Crippen LogP contribution is 2.16. The molecule has 2 heteroatoms. The normalized spacial score (nSPS) is 10.0. The molecule has 0 heterocycles. The number of aryl methyl sites for hydroxylation is 1. The Kier molecular flexibility index (Phi) is 3.67. The molecule has 0 saturated heterocycles. The maximum absolute atomic E-state index is 11.8. The molecule has 0 radical (unpaired) electrons. The van der Waals surface area contributed by atoms with Gasteiger partial charge in [-0.15, -0.1) is 0 Å². The minimum absolute atomic E-state index is 0.116. The van der Waals surface area contributed by atoms with E-state index in [-0.39, 0.29) is 5.78 Å². The van der Waals surface area contributed by atoms with Gasteiger partial charge in [0.1, 0.15) is 0 Å². The molecular weight excluding hydrogens is 186 g/mol. The first-order chi connectivity index (χ1) is 7.04. The molecule has 15 heavy (non-hydrogen) atoms. The molecule has 0 aliphatic heterocycles. The summed E-state index contributed by atoms with van der Waals surface area (Å²) in [7, 11) is 0. The Hall–Kier alpha value is -1.57. The molecule has 0 spiro atoms. The first kappa shape index (κ1) is 11.5. The Morgan fingerprint density at radius 2 is 2.13 bits per heavy atom. The van der Waals surface area contributed by atoms with E-state index in [0.29, 0.717) is 6.42 Å². The molecule has 0 aromatic heterocycles. The van der Waals surface area contributed by atoms with Crippen molar-refractivity contribution in [3.8, 4) is 0 Å². The number of nitrogen functional groups attached to an aromatic ring is 1. The molecular formula is C13H17NO. The van der Waals surface area contributed by atoms with Crippen molar-refractivity contribution in [3.63, 3.8) is 0 Å². The third-order valence-corrected chi connectivity index (χ3v) is 2.50. The first-order valence-electron chi connectivity index (χ1n) is 5.10. The summed E-state index contributed by atoms with van der Waals surface area (Å²) in [6.45, 7) is 7.74. The van der Waals surface area contributed by atoms with Gasteiger partial charge in [0.15, 0.2) is 5.78 Å². The maximum atomic E-state index is 11.8. The molecule has 0 bridgehead atoms. The van der Waals surface area contributed by atoms with Crippen LogP contribution >= 0.6 is 0 Å². The highest BCUT2D eigenvalue weighted by molar-refractivity contribution is 5.98. The highest BCUT2D eigenvalue weighted by atomic mass is 16.1. The fraction of sp³-hybridized carbons (Fsp3) is 0.308. The number of Topliss-reactive ketones (excluding diaryl/α,β-unsaturated/α-hetero) is 1. The standard InChI is InChI=1S/C13H17NO/c1-4-9(2)7-13(15)11-5-6-12(14)10(3)8-11/h5-6,8H,2,4,7,14H2,1,3H3. The van der Waals surface area contributed by atoms with Crippen molar-refractivity contribution < 1.29 is 4.79 Å². The average molecular weight is 203 g/mol. The Bertz CT molecular complexity index is 394. The lowest BCUT2D eigenvalue weighted by atomic mass is 10.0. The monoisotopic (exact) mass is 203 g/mol. The molecule has 0 fully saturated rings. The van der Waals surface area contributed by atoms with Crippen molar-refractivity contribution >= 4 is 11.5 Å². The molecule has 1 aromatic rings. The fourth-order valence-electron chi connectivity index (χ4n) is 1.30. The molecule has 1 aromatic carbocycles. The number of carbonyl (C=O) groups is 1. The molecule has 1 rings (SSSR count). The second-order valence-electron chi connectivity index (χ2n) is 3.77. The number of rotatable bonds is 4. The van der Waals surface area contributed by atoms with Crippen LogP contribution in [-0.4, -0.2) is 5.78 Å². The first-order valence-corrected chi connectivity index (χ1v) is 5.10. The summed E-state index contributed by atoms with van der Waals surface area (Å²) in [6, 6.07) is 5.38. The van der Waals surface area contributed by atoms with E-state index < -0.39 is 0 Å². The van der Waals surface area contributed by atoms with Crippen LogP contribution in [0.4, 0.5) is 5.69 Å². The third kappa shape index (κ3) is 2.94. The smallest absolute Gasteiger partial charge is 0.166 e. The third-order valence-electron chi connectivity index (χ3n) is 2.50. The Morgan fingerprint density at radius 1 is 1.47 bits per heavy atom. The second kappa shape index (κ2) is 4.78. The summed E-state index contributed by atoms with van der Waals surface area (Å²) in [5.74, 6) is 0.116. The van der Waals surface area contributed by atoms with Gasteiger partial charge in [0.2, 0.25) is 0 Å². The van der Waals surface area contributed by atoms with Gasteiger partial charge in [0.05, 0.1) is 0 Å². The number of benzene rings is 1. The summed E-state index contributed by atoms with van der Waals surface area (Å²) < 4.78 is 0. The number of ketones is 1. The minimum atomic E-state index is 0.116. The summed E-state index contributed by atoms with van der Waals surface area (Å²) in [6.07, 6.45) is 1.28. The molecule has 0 saturated carbocycles. The number of carbonyl (C=O) groups excluding carboxylic acids is 1. The zero-order valence-electron chi connectivity index (χ0n) is 9.34. The Morgan fingerprint density at radius 3 is 2.67 bits per heavy atom. The number of anilines is 1. The van der Waals surface area contributed by atoms with E-state index in [1.807, 2.05) is 19.9 Å². The molecule has 0 aliphatic rings. The predicted octanol–water partition coefficient (Wildman–Crippen LogP) is 3.12. The number of allylic oxidation sites excluding steroid dienone is 1. The van der Waals surface area contributed by atoms with Crippen LogP contribution in [0, 0.1) is 6.92 Å². The van der Waals surface area contributed by atoms with E-state index in [1.54, 1.807) is 12.1 Å². The Labute approximate surface area is 90.8 Å². The van der Waals surface area contributed by atoms with E-state index >= 15 is 0 Å². The molecule has 0 atom stereocenters. The molecule has 0 aliphatic carbocycles.